The van der Waals surface area contributed by atoms with E-state index >= 15 is 0 Å². The topological polar surface area (TPSA) is 23.6 Å². The van der Waals surface area contributed by atoms with E-state index in [1.165, 1.54) is 18.4 Å². The molecule has 2 aliphatic rings. The van der Waals surface area contributed by atoms with Crippen molar-refractivity contribution in [2.24, 2.45) is 5.92 Å². The van der Waals surface area contributed by atoms with Gasteiger partial charge in [0.25, 0.3) is 0 Å². The number of amides is 1. The normalized spacial score (nSPS) is 26.5. The van der Waals surface area contributed by atoms with Crippen LogP contribution in [0.15, 0.2) is 24.3 Å². The zero-order valence-electron chi connectivity index (χ0n) is 13.4. The predicted octanol–water partition coefficient (Wildman–Crippen LogP) is 3.57. The van der Waals surface area contributed by atoms with Gasteiger partial charge in [-0.1, -0.05) is 31.5 Å². The number of carbonyl (C=O) groups excluding carboxylic acids is 1. The molecule has 1 aromatic rings. The smallest absolute Gasteiger partial charge is 0.245 e. The summed E-state index contributed by atoms with van der Waals surface area (Å²) >= 11 is 0. The highest BCUT2D eigenvalue weighted by molar-refractivity contribution is 6.00. The fourth-order valence-corrected chi connectivity index (χ4v) is 3.71. The number of hydrogen-bond donors (Lipinski definition) is 0. The number of fused-ring (bicyclic) bond motifs is 1. The molecule has 0 saturated carbocycles. The molecule has 1 amide bonds. The third-order valence-corrected chi connectivity index (χ3v) is 4.74. The average molecular weight is 286 g/mol. The lowest BCUT2D eigenvalue weighted by Crippen LogP contribution is -2.44. The van der Waals surface area contributed by atoms with E-state index < -0.39 is 0 Å². The van der Waals surface area contributed by atoms with Crippen molar-refractivity contribution in [2.45, 2.75) is 58.7 Å². The largest absolute Gasteiger partial charge is 0.295 e. The minimum absolute atomic E-state index is 0.0802. The molecule has 3 rings (SSSR count). The second-order valence-corrected chi connectivity index (χ2v) is 6.90. The number of anilines is 1. The minimum atomic E-state index is 0.0802. The molecule has 0 N–H and O–H groups in total. The van der Waals surface area contributed by atoms with Gasteiger partial charge in [-0.3, -0.25) is 14.6 Å². The van der Waals surface area contributed by atoms with Gasteiger partial charge in [0.15, 0.2) is 0 Å². The van der Waals surface area contributed by atoms with Gasteiger partial charge in [0.1, 0.15) is 0 Å². The Bertz CT molecular complexity index is 508. The van der Waals surface area contributed by atoms with Crippen molar-refractivity contribution in [3.8, 4) is 0 Å². The van der Waals surface area contributed by atoms with E-state index in [1.807, 2.05) is 0 Å². The van der Waals surface area contributed by atoms with Crippen LogP contribution in [0, 0.1) is 12.8 Å². The summed E-state index contributed by atoms with van der Waals surface area (Å²) in [6.07, 6.45) is 4.80. The van der Waals surface area contributed by atoms with Crippen LogP contribution in [0.25, 0.3) is 0 Å². The molecule has 1 aromatic carbocycles. The number of aryl methyl sites for hydroxylation is 1. The Morgan fingerprint density at radius 3 is 2.57 bits per heavy atom. The minimum Gasteiger partial charge on any atom is -0.295 e. The highest BCUT2D eigenvalue weighted by Crippen LogP contribution is 2.36. The SMILES string of the molecule is Cc1ccc(N2C(=O)[C@H](CC(C)C)N3CCCC[C@@H]23)cc1. The van der Waals surface area contributed by atoms with Gasteiger partial charge in [0, 0.05) is 12.2 Å². The Hall–Kier alpha value is -1.35. The van der Waals surface area contributed by atoms with Crippen molar-refractivity contribution >= 4 is 11.6 Å². The van der Waals surface area contributed by atoms with Crippen LogP contribution in [0.1, 0.15) is 45.1 Å². The summed E-state index contributed by atoms with van der Waals surface area (Å²) in [6.45, 7) is 7.57. The summed E-state index contributed by atoms with van der Waals surface area (Å²) in [5.74, 6) is 0.860. The van der Waals surface area contributed by atoms with Crippen LogP contribution in [0.3, 0.4) is 0 Å². The first-order valence-electron chi connectivity index (χ1n) is 8.23. The Morgan fingerprint density at radius 2 is 1.90 bits per heavy atom. The van der Waals surface area contributed by atoms with Crippen LogP contribution in [0.4, 0.5) is 5.69 Å². The van der Waals surface area contributed by atoms with Crippen molar-refractivity contribution < 1.29 is 4.79 Å². The van der Waals surface area contributed by atoms with E-state index in [-0.39, 0.29) is 12.2 Å². The van der Waals surface area contributed by atoms with Crippen LogP contribution in [-0.4, -0.2) is 29.6 Å². The fraction of sp³-hybridized carbons (Fsp3) is 0.611. The lowest BCUT2D eigenvalue weighted by molar-refractivity contribution is -0.120. The average Bonchev–Trinajstić information content (AvgIpc) is 2.73. The number of rotatable bonds is 3. The summed E-state index contributed by atoms with van der Waals surface area (Å²) in [5.41, 5.74) is 2.30. The van der Waals surface area contributed by atoms with Crippen molar-refractivity contribution in [1.82, 2.24) is 4.90 Å². The summed E-state index contributed by atoms with van der Waals surface area (Å²) in [5, 5.41) is 0. The lowest BCUT2D eigenvalue weighted by atomic mass is 10.0. The number of carbonyl (C=O) groups is 1. The number of benzene rings is 1. The van der Waals surface area contributed by atoms with Crippen LogP contribution in [0.2, 0.25) is 0 Å². The molecule has 2 heterocycles. The summed E-state index contributed by atoms with van der Waals surface area (Å²) < 4.78 is 0. The van der Waals surface area contributed by atoms with Gasteiger partial charge >= 0.3 is 0 Å². The maximum atomic E-state index is 13.0. The van der Waals surface area contributed by atoms with Crippen LogP contribution < -0.4 is 4.90 Å². The Kier molecular flexibility index (Phi) is 4.03. The molecule has 114 valence electrons. The van der Waals surface area contributed by atoms with Crippen molar-refractivity contribution in [3.05, 3.63) is 29.8 Å². The molecule has 0 aromatic heterocycles. The van der Waals surface area contributed by atoms with E-state index in [2.05, 4.69) is 54.8 Å². The maximum Gasteiger partial charge on any atom is 0.245 e. The number of hydrogen-bond acceptors (Lipinski definition) is 2. The molecule has 0 bridgehead atoms. The van der Waals surface area contributed by atoms with Gasteiger partial charge in [-0.2, -0.15) is 0 Å². The molecule has 0 radical (unpaired) electrons. The number of piperidine rings is 1. The van der Waals surface area contributed by atoms with Gasteiger partial charge in [-0.25, -0.2) is 0 Å². The quantitative estimate of drug-likeness (QED) is 0.848. The summed E-state index contributed by atoms with van der Waals surface area (Å²) in [6, 6.07) is 8.48. The molecule has 2 atom stereocenters. The molecule has 0 aliphatic carbocycles. The fourth-order valence-electron chi connectivity index (χ4n) is 3.71. The monoisotopic (exact) mass is 286 g/mol. The summed E-state index contributed by atoms with van der Waals surface area (Å²) in [7, 11) is 0. The first-order valence-corrected chi connectivity index (χ1v) is 8.23. The van der Waals surface area contributed by atoms with Gasteiger partial charge < -0.3 is 0 Å². The van der Waals surface area contributed by atoms with Gasteiger partial charge in [0.05, 0.1) is 12.2 Å². The standard InChI is InChI=1S/C18H26N2O/c1-13(2)12-16-18(21)20(15-9-7-14(3)8-10-15)17-6-4-5-11-19(16)17/h7-10,13,16-17H,4-6,11-12H2,1-3H3/t16-,17+/m0/s1. The molecule has 2 saturated heterocycles. The molecule has 21 heavy (non-hydrogen) atoms. The molecule has 0 unspecified atom stereocenters. The van der Waals surface area contributed by atoms with Crippen LogP contribution in [0.5, 0.6) is 0 Å². The van der Waals surface area contributed by atoms with Gasteiger partial charge in [0.2, 0.25) is 5.91 Å². The molecule has 2 fully saturated rings. The second kappa shape index (κ2) is 5.80. The van der Waals surface area contributed by atoms with Crippen molar-refractivity contribution in [3.63, 3.8) is 0 Å². The first kappa shape index (κ1) is 14.6. The second-order valence-electron chi connectivity index (χ2n) is 6.90. The van der Waals surface area contributed by atoms with Crippen LogP contribution >= 0.6 is 0 Å². The highest BCUT2D eigenvalue weighted by atomic mass is 16.2. The van der Waals surface area contributed by atoms with E-state index in [0.717, 1.165) is 25.1 Å². The zero-order chi connectivity index (χ0) is 15.0. The van der Waals surface area contributed by atoms with Crippen molar-refractivity contribution in [1.29, 1.82) is 0 Å². The Balaban J connectivity index is 1.92. The molecular formula is C18H26N2O. The maximum absolute atomic E-state index is 13.0. The van der Waals surface area contributed by atoms with Gasteiger partial charge in [-0.05, 0) is 50.7 Å². The zero-order valence-corrected chi connectivity index (χ0v) is 13.4. The lowest BCUT2D eigenvalue weighted by Gasteiger charge is -2.35. The highest BCUT2D eigenvalue weighted by Gasteiger charge is 2.47. The molecule has 2 aliphatic heterocycles. The van der Waals surface area contributed by atoms with E-state index in [4.69, 9.17) is 0 Å². The van der Waals surface area contributed by atoms with E-state index in [9.17, 15) is 4.79 Å². The van der Waals surface area contributed by atoms with Gasteiger partial charge in [-0.15, -0.1) is 0 Å². The molecule has 0 spiro atoms. The molecular weight excluding hydrogens is 260 g/mol. The van der Waals surface area contributed by atoms with Crippen molar-refractivity contribution in [2.75, 3.05) is 11.4 Å². The predicted molar refractivity (Wildman–Crippen MR) is 86.3 cm³/mol. The third kappa shape index (κ3) is 2.71. The molecule has 3 heteroatoms. The Morgan fingerprint density at radius 1 is 1.19 bits per heavy atom. The first-order chi connectivity index (χ1) is 10.1. The molecule has 3 nitrogen and oxygen atoms in total. The number of nitrogens with zero attached hydrogens (tertiary/aromatic N) is 2. The summed E-state index contributed by atoms with van der Waals surface area (Å²) in [4.78, 5) is 17.5. The Labute approximate surface area is 127 Å². The van der Waals surface area contributed by atoms with E-state index in [1.54, 1.807) is 0 Å². The third-order valence-electron chi connectivity index (χ3n) is 4.74. The van der Waals surface area contributed by atoms with Crippen LogP contribution in [-0.2, 0) is 4.79 Å². The van der Waals surface area contributed by atoms with E-state index in [0.29, 0.717) is 11.8 Å².